The Labute approximate surface area is 108 Å². The Morgan fingerprint density at radius 2 is 2.38 bits per heavy atom. The summed E-state index contributed by atoms with van der Waals surface area (Å²) in [6.45, 7) is 4.37. The van der Waals surface area contributed by atoms with Gasteiger partial charge in [0.05, 0.1) is 0 Å². The minimum Gasteiger partial charge on any atom is -0.356 e. The quantitative estimate of drug-likeness (QED) is 0.767. The fourth-order valence-corrected chi connectivity index (χ4v) is 2.56. The molecule has 0 bridgehead atoms. The van der Waals surface area contributed by atoms with Gasteiger partial charge in [-0.05, 0) is 24.3 Å². The second kappa shape index (κ2) is 6.26. The average Bonchev–Trinajstić information content (AvgIpc) is 2.30. The van der Waals surface area contributed by atoms with Crippen LogP contribution in [0.25, 0.3) is 0 Å². The van der Waals surface area contributed by atoms with Crippen LogP contribution in [-0.2, 0) is 0 Å². The Balaban J connectivity index is 0.00000128. The third-order valence-electron chi connectivity index (χ3n) is 3.17. The summed E-state index contributed by atoms with van der Waals surface area (Å²) in [5.41, 5.74) is 0. The molecule has 0 radical (unpaired) electrons. The molecule has 3 nitrogen and oxygen atoms in total. The molecule has 16 heavy (non-hydrogen) atoms. The Morgan fingerprint density at radius 3 is 2.94 bits per heavy atom. The zero-order valence-corrected chi connectivity index (χ0v) is 10.9. The van der Waals surface area contributed by atoms with Crippen molar-refractivity contribution >= 4 is 29.8 Å². The molecule has 90 valence electrons. The predicted molar refractivity (Wildman–Crippen MR) is 69.5 cm³/mol. The molecule has 0 aromatic carbocycles. The van der Waals surface area contributed by atoms with E-state index >= 15 is 0 Å². The fraction of sp³-hybridized carbons (Fsp3) is 0.636. The molecule has 1 aromatic rings. The molecule has 2 heterocycles. The van der Waals surface area contributed by atoms with E-state index in [9.17, 15) is 0 Å². The van der Waals surface area contributed by atoms with Gasteiger partial charge >= 0.3 is 0 Å². The number of aromatic nitrogens is 2. The van der Waals surface area contributed by atoms with Crippen LogP contribution in [0.3, 0.4) is 0 Å². The van der Waals surface area contributed by atoms with E-state index in [1.54, 1.807) is 12.5 Å². The fourth-order valence-electron chi connectivity index (χ4n) is 2.10. The summed E-state index contributed by atoms with van der Waals surface area (Å²) in [6, 6.07) is 1.97. The monoisotopic (exact) mass is 261 g/mol. The van der Waals surface area contributed by atoms with Crippen LogP contribution in [0.15, 0.2) is 18.6 Å². The summed E-state index contributed by atoms with van der Waals surface area (Å²) in [5.74, 6) is 3.11. The summed E-state index contributed by atoms with van der Waals surface area (Å²) >= 11 is 5.92. The molecule has 1 aliphatic heterocycles. The highest BCUT2D eigenvalue weighted by Crippen LogP contribution is 2.26. The third kappa shape index (κ3) is 2.98. The van der Waals surface area contributed by atoms with Gasteiger partial charge in [-0.25, -0.2) is 9.97 Å². The first-order valence-electron chi connectivity index (χ1n) is 5.38. The van der Waals surface area contributed by atoms with Crippen LogP contribution in [0.2, 0.25) is 0 Å². The third-order valence-corrected chi connectivity index (χ3v) is 3.57. The maximum absolute atomic E-state index is 5.92. The van der Waals surface area contributed by atoms with Crippen molar-refractivity contribution in [1.29, 1.82) is 0 Å². The van der Waals surface area contributed by atoms with Gasteiger partial charge in [0.15, 0.2) is 0 Å². The molecule has 5 heteroatoms. The molecule has 0 amide bonds. The highest BCUT2D eigenvalue weighted by Gasteiger charge is 2.25. The molecule has 0 spiro atoms. The number of anilines is 1. The van der Waals surface area contributed by atoms with Crippen molar-refractivity contribution in [3.8, 4) is 0 Å². The Hall–Kier alpha value is -0.540. The van der Waals surface area contributed by atoms with Crippen molar-refractivity contribution in [3.63, 3.8) is 0 Å². The number of alkyl halides is 1. The summed E-state index contributed by atoms with van der Waals surface area (Å²) in [4.78, 5) is 10.5. The van der Waals surface area contributed by atoms with E-state index in [0.29, 0.717) is 11.8 Å². The summed E-state index contributed by atoms with van der Waals surface area (Å²) in [6.07, 6.45) is 4.56. The SMILES string of the molecule is CC1CN(c2ccncn2)CCC1CCl.Cl. The smallest absolute Gasteiger partial charge is 0.131 e. The lowest BCUT2D eigenvalue weighted by Crippen LogP contribution is -2.40. The molecule has 1 aliphatic rings. The second-order valence-corrected chi connectivity index (χ2v) is 4.50. The number of hydrogen-bond acceptors (Lipinski definition) is 3. The van der Waals surface area contributed by atoms with Crippen LogP contribution in [0.4, 0.5) is 5.82 Å². The van der Waals surface area contributed by atoms with E-state index in [2.05, 4.69) is 21.8 Å². The van der Waals surface area contributed by atoms with E-state index in [-0.39, 0.29) is 12.4 Å². The van der Waals surface area contributed by atoms with E-state index in [4.69, 9.17) is 11.6 Å². The van der Waals surface area contributed by atoms with Gasteiger partial charge < -0.3 is 4.90 Å². The van der Waals surface area contributed by atoms with Gasteiger partial charge in [-0.1, -0.05) is 6.92 Å². The molecular weight excluding hydrogens is 245 g/mol. The van der Waals surface area contributed by atoms with Gasteiger partial charge in [0, 0.05) is 25.2 Å². The first-order valence-corrected chi connectivity index (χ1v) is 5.91. The van der Waals surface area contributed by atoms with Gasteiger partial charge in [-0.2, -0.15) is 0 Å². The van der Waals surface area contributed by atoms with Gasteiger partial charge in [-0.3, -0.25) is 0 Å². The molecule has 2 unspecified atom stereocenters. The number of hydrogen-bond donors (Lipinski definition) is 0. The zero-order valence-electron chi connectivity index (χ0n) is 9.34. The predicted octanol–water partition coefficient (Wildman–Crippen LogP) is 2.60. The molecule has 1 saturated heterocycles. The number of rotatable bonds is 2. The number of nitrogens with zero attached hydrogens (tertiary/aromatic N) is 3. The molecule has 0 aliphatic carbocycles. The Bertz CT molecular complexity index is 307. The molecule has 1 fully saturated rings. The number of halogens is 2. The molecule has 2 rings (SSSR count). The first kappa shape index (κ1) is 13.5. The van der Waals surface area contributed by atoms with E-state index in [1.165, 1.54) is 0 Å². The van der Waals surface area contributed by atoms with Crippen molar-refractivity contribution in [2.75, 3.05) is 23.9 Å². The molecular formula is C11H17Cl2N3. The lowest BCUT2D eigenvalue weighted by atomic mass is 9.88. The van der Waals surface area contributed by atoms with E-state index < -0.39 is 0 Å². The zero-order chi connectivity index (χ0) is 10.7. The molecule has 0 N–H and O–H groups in total. The van der Waals surface area contributed by atoms with Crippen LogP contribution in [0.5, 0.6) is 0 Å². The highest BCUT2D eigenvalue weighted by atomic mass is 35.5. The summed E-state index contributed by atoms with van der Waals surface area (Å²) in [7, 11) is 0. The van der Waals surface area contributed by atoms with Crippen molar-refractivity contribution in [3.05, 3.63) is 18.6 Å². The molecule has 0 saturated carbocycles. The molecule has 2 atom stereocenters. The van der Waals surface area contributed by atoms with Gasteiger partial charge in [0.2, 0.25) is 0 Å². The topological polar surface area (TPSA) is 29.0 Å². The summed E-state index contributed by atoms with van der Waals surface area (Å²) < 4.78 is 0. The lowest BCUT2D eigenvalue weighted by molar-refractivity contribution is 0.326. The maximum atomic E-state index is 5.92. The molecule has 1 aromatic heterocycles. The average molecular weight is 262 g/mol. The lowest BCUT2D eigenvalue weighted by Gasteiger charge is -2.36. The van der Waals surface area contributed by atoms with Gasteiger partial charge in [0.1, 0.15) is 12.1 Å². The van der Waals surface area contributed by atoms with Crippen molar-refractivity contribution < 1.29 is 0 Å². The Kier molecular flexibility index (Phi) is 5.29. The van der Waals surface area contributed by atoms with Gasteiger partial charge in [0.25, 0.3) is 0 Å². The van der Waals surface area contributed by atoms with Crippen molar-refractivity contribution in [1.82, 2.24) is 9.97 Å². The van der Waals surface area contributed by atoms with E-state index in [1.807, 2.05) is 6.07 Å². The van der Waals surface area contributed by atoms with Crippen LogP contribution >= 0.6 is 24.0 Å². The first-order chi connectivity index (χ1) is 7.31. The van der Waals surface area contributed by atoms with Crippen molar-refractivity contribution in [2.45, 2.75) is 13.3 Å². The minimum atomic E-state index is 0. The highest BCUT2D eigenvalue weighted by molar-refractivity contribution is 6.18. The summed E-state index contributed by atoms with van der Waals surface area (Å²) in [5, 5.41) is 0. The second-order valence-electron chi connectivity index (χ2n) is 4.19. The van der Waals surface area contributed by atoms with Crippen LogP contribution < -0.4 is 4.90 Å². The van der Waals surface area contributed by atoms with Crippen molar-refractivity contribution in [2.24, 2.45) is 11.8 Å². The van der Waals surface area contributed by atoms with E-state index in [0.717, 1.165) is 31.2 Å². The maximum Gasteiger partial charge on any atom is 0.131 e. The Morgan fingerprint density at radius 1 is 1.56 bits per heavy atom. The number of piperidine rings is 1. The normalized spacial score (nSPS) is 25.0. The van der Waals surface area contributed by atoms with Crippen LogP contribution in [0.1, 0.15) is 13.3 Å². The van der Waals surface area contributed by atoms with Gasteiger partial charge in [-0.15, -0.1) is 24.0 Å². The standard InChI is InChI=1S/C11H16ClN3.ClH/c1-9-7-15(5-3-10(9)6-12)11-2-4-13-8-14-11;/h2,4,8-10H,3,5-7H2,1H3;1H. The largest absolute Gasteiger partial charge is 0.356 e. The van der Waals surface area contributed by atoms with Crippen LogP contribution in [0, 0.1) is 11.8 Å². The minimum absolute atomic E-state index is 0. The van der Waals surface area contributed by atoms with Crippen LogP contribution in [-0.4, -0.2) is 28.9 Å².